The fourth-order valence-electron chi connectivity index (χ4n) is 3.49. The van der Waals surface area contributed by atoms with Crippen molar-refractivity contribution in [1.29, 1.82) is 0 Å². The molecule has 3 rings (SSSR count). The molecule has 2 saturated heterocycles. The molecular weight excluding hydrogens is 314 g/mol. The summed E-state index contributed by atoms with van der Waals surface area (Å²) in [5, 5.41) is 2.90. The zero-order valence-electron chi connectivity index (χ0n) is 13.4. The monoisotopic (exact) mass is 337 g/mol. The molecule has 2 aliphatic heterocycles. The number of likely N-dealkylation sites (tertiary alicyclic amines) is 1. The standard InChI is InChI=1S/C16H23N3O3S/c1-12-6-5-7-13(17-12)16(20)18-14-10-23(21,22)11-15(14)19-8-3-2-4-9-19/h5-7,14-15H,2-4,8-11H2,1H3,(H,18,20)/t14-,15-/m1/s1. The highest BCUT2D eigenvalue weighted by molar-refractivity contribution is 7.91. The first-order valence-corrected chi connectivity index (χ1v) is 9.96. The third kappa shape index (κ3) is 3.90. The summed E-state index contributed by atoms with van der Waals surface area (Å²) in [4.78, 5) is 18.8. The van der Waals surface area contributed by atoms with Gasteiger partial charge in [0, 0.05) is 11.7 Å². The van der Waals surface area contributed by atoms with Crippen molar-refractivity contribution in [3.05, 3.63) is 29.6 Å². The quantitative estimate of drug-likeness (QED) is 0.881. The average molecular weight is 337 g/mol. The maximum atomic E-state index is 12.4. The Balaban J connectivity index is 1.74. The second-order valence-corrected chi connectivity index (χ2v) is 8.64. The lowest BCUT2D eigenvalue weighted by atomic mass is 10.0. The maximum Gasteiger partial charge on any atom is 0.270 e. The summed E-state index contributed by atoms with van der Waals surface area (Å²) in [5.41, 5.74) is 1.11. The highest BCUT2D eigenvalue weighted by Crippen LogP contribution is 2.22. The van der Waals surface area contributed by atoms with E-state index in [2.05, 4.69) is 15.2 Å². The molecule has 0 aromatic carbocycles. The van der Waals surface area contributed by atoms with Gasteiger partial charge in [0.2, 0.25) is 0 Å². The van der Waals surface area contributed by atoms with Gasteiger partial charge in [0.25, 0.3) is 5.91 Å². The molecule has 1 N–H and O–H groups in total. The van der Waals surface area contributed by atoms with Crippen LogP contribution in [0.25, 0.3) is 0 Å². The number of amides is 1. The number of nitrogens with one attached hydrogen (secondary N) is 1. The molecule has 126 valence electrons. The van der Waals surface area contributed by atoms with Crippen LogP contribution >= 0.6 is 0 Å². The fourth-order valence-corrected chi connectivity index (χ4v) is 5.44. The molecule has 2 aliphatic rings. The molecule has 23 heavy (non-hydrogen) atoms. The molecule has 1 aromatic rings. The first-order chi connectivity index (χ1) is 10.9. The smallest absolute Gasteiger partial charge is 0.270 e. The molecule has 0 radical (unpaired) electrons. The number of hydrogen-bond donors (Lipinski definition) is 1. The van der Waals surface area contributed by atoms with Gasteiger partial charge < -0.3 is 5.32 Å². The van der Waals surface area contributed by atoms with Gasteiger partial charge in [0.15, 0.2) is 9.84 Å². The van der Waals surface area contributed by atoms with Crippen molar-refractivity contribution in [2.45, 2.75) is 38.3 Å². The largest absolute Gasteiger partial charge is 0.345 e. The van der Waals surface area contributed by atoms with Crippen molar-refractivity contribution in [1.82, 2.24) is 15.2 Å². The van der Waals surface area contributed by atoms with E-state index in [0.717, 1.165) is 31.6 Å². The summed E-state index contributed by atoms with van der Waals surface area (Å²) in [7, 11) is -3.11. The number of pyridine rings is 1. The van der Waals surface area contributed by atoms with Crippen molar-refractivity contribution < 1.29 is 13.2 Å². The molecule has 0 saturated carbocycles. The molecule has 3 heterocycles. The average Bonchev–Trinajstić information content (AvgIpc) is 2.83. The van der Waals surface area contributed by atoms with Crippen LogP contribution in [0.15, 0.2) is 18.2 Å². The van der Waals surface area contributed by atoms with E-state index in [4.69, 9.17) is 0 Å². The summed E-state index contributed by atoms with van der Waals surface area (Å²) >= 11 is 0. The second-order valence-electron chi connectivity index (χ2n) is 6.49. The Labute approximate surface area is 137 Å². The molecule has 0 spiro atoms. The van der Waals surface area contributed by atoms with Crippen LogP contribution in [-0.4, -0.2) is 60.9 Å². The first-order valence-electron chi connectivity index (χ1n) is 8.14. The molecule has 0 bridgehead atoms. The van der Waals surface area contributed by atoms with Crippen LogP contribution in [0, 0.1) is 6.92 Å². The third-order valence-corrected chi connectivity index (χ3v) is 6.34. The van der Waals surface area contributed by atoms with Gasteiger partial charge in [-0.05, 0) is 45.0 Å². The molecule has 1 aromatic heterocycles. The van der Waals surface area contributed by atoms with E-state index >= 15 is 0 Å². The lowest BCUT2D eigenvalue weighted by molar-refractivity contribution is 0.0895. The predicted octanol–water partition coefficient (Wildman–Crippen LogP) is 0.771. The number of aromatic nitrogens is 1. The van der Waals surface area contributed by atoms with Crippen LogP contribution in [0.1, 0.15) is 35.4 Å². The number of piperidine rings is 1. The Morgan fingerprint density at radius 1 is 1.22 bits per heavy atom. The molecule has 2 fully saturated rings. The number of nitrogens with zero attached hydrogens (tertiary/aromatic N) is 2. The Hall–Kier alpha value is -1.47. The molecular formula is C16H23N3O3S. The third-order valence-electron chi connectivity index (χ3n) is 4.62. The van der Waals surface area contributed by atoms with Gasteiger partial charge in [0.1, 0.15) is 5.69 Å². The topological polar surface area (TPSA) is 79.4 Å². The number of aryl methyl sites for hydroxylation is 1. The fraction of sp³-hybridized carbons (Fsp3) is 0.625. The van der Waals surface area contributed by atoms with Crippen molar-refractivity contribution in [2.75, 3.05) is 24.6 Å². The summed E-state index contributed by atoms with van der Waals surface area (Å²) in [6, 6.07) is 4.79. The molecule has 0 unspecified atom stereocenters. The van der Waals surface area contributed by atoms with E-state index in [-0.39, 0.29) is 29.5 Å². The van der Waals surface area contributed by atoms with Crippen LogP contribution in [0.4, 0.5) is 0 Å². The van der Waals surface area contributed by atoms with Crippen LogP contribution in [-0.2, 0) is 9.84 Å². The Bertz CT molecular complexity index is 684. The second kappa shape index (κ2) is 6.57. The highest BCUT2D eigenvalue weighted by Gasteiger charge is 2.42. The van der Waals surface area contributed by atoms with E-state index in [1.165, 1.54) is 6.42 Å². The lowest BCUT2D eigenvalue weighted by Crippen LogP contribution is -2.52. The van der Waals surface area contributed by atoms with Crippen LogP contribution in [0.3, 0.4) is 0 Å². The Kier molecular flexibility index (Phi) is 4.68. The van der Waals surface area contributed by atoms with Crippen LogP contribution in [0.5, 0.6) is 0 Å². The van der Waals surface area contributed by atoms with E-state index < -0.39 is 9.84 Å². The van der Waals surface area contributed by atoms with Crippen molar-refractivity contribution >= 4 is 15.7 Å². The minimum Gasteiger partial charge on any atom is -0.345 e. The van der Waals surface area contributed by atoms with Crippen molar-refractivity contribution in [2.24, 2.45) is 0 Å². The number of carbonyl (C=O) groups is 1. The minimum absolute atomic E-state index is 0.0196. The van der Waals surface area contributed by atoms with Crippen LogP contribution < -0.4 is 5.32 Å². The van der Waals surface area contributed by atoms with E-state index in [1.807, 2.05) is 13.0 Å². The Morgan fingerprint density at radius 2 is 1.96 bits per heavy atom. The van der Waals surface area contributed by atoms with E-state index in [1.54, 1.807) is 12.1 Å². The van der Waals surface area contributed by atoms with Gasteiger partial charge in [-0.1, -0.05) is 12.5 Å². The summed E-state index contributed by atoms with van der Waals surface area (Å²) in [6.07, 6.45) is 3.38. The molecule has 7 heteroatoms. The van der Waals surface area contributed by atoms with Crippen molar-refractivity contribution in [3.63, 3.8) is 0 Å². The number of sulfone groups is 1. The molecule has 0 aliphatic carbocycles. The summed E-state index contributed by atoms with van der Waals surface area (Å²) < 4.78 is 24.1. The summed E-state index contributed by atoms with van der Waals surface area (Å²) in [6.45, 7) is 3.65. The summed E-state index contributed by atoms with van der Waals surface area (Å²) in [5.74, 6) is -0.136. The molecule has 6 nitrogen and oxygen atoms in total. The predicted molar refractivity (Wildman–Crippen MR) is 88.1 cm³/mol. The van der Waals surface area contributed by atoms with Crippen LogP contribution in [0.2, 0.25) is 0 Å². The van der Waals surface area contributed by atoms with Gasteiger partial charge in [-0.2, -0.15) is 0 Å². The Morgan fingerprint density at radius 3 is 2.65 bits per heavy atom. The normalized spacial score (nSPS) is 27.7. The van der Waals surface area contributed by atoms with Gasteiger partial charge >= 0.3 is 0 Å². The highest BCUT2D eigenvalue weighted by atomic mass is 32.2. The number of carbonyl (C=O) groups excluding carboxylic acids is 1. The zero-order chi connectivity index (χ0) is 16.4. The molecule has 2 atom stereocenters. The first kappa shape index (κ1) is 16.4. The molecule has 1 amide bonds. The van der Waals surface area contributed by atoms with E-state index in [9.17, 15) is 13.2 Å². The van der Waals surface area contributed by atoms with Gasteiger partial charge in [-0.25, -0.2) is 13.4 Å². The SMILES string of the molecule is Cc1cccc(C(=O)N[C@@H]2CS(=O)(=O)C[C@H]2N2CCCCC2)n1. The number of hydrogen-bond acceptors (Lipinski definition) is 5. The minimum atomic E-state index is -3.11. The van der Waals surface area contributed by atoms with Crippen molar-refractivity contribution in [3.8, 4) is 0 Å². The van der Waals surface area contributed by atoms with Gasteiger partial charge in [-0.3, -0.25) is 9.69 Å². The van der Waals surface area contributed by atoms with E-state index in [0.29, 0.717) is 5.69 Å². The van der Waals surface area contributed by atoms with Gasteiger partial charge in [-0.15, -0.1) is 0 Å². The number of rotatable bonds is 3. The van der Waals surface area contributed by atoms with Gasteiger partial charge in [0.05, 0.1) is 17.5 Å². The lowest BCUT2D eigenvalue weighted by Gasteiger charge is -2.34. The zero-order valence-corrected chi connectivity index (χ0v) is 14.2. The maximum absolute atomic E-state index is 12.4.